The molecule has 0 aromatic carbocycles. The van der Waals surface area contributed by atoms with Gasteiger partial charge in [-0.3, -0.25) is 0 Å². The summed E-state index contributed by atoms with van der Waals surface area (Å²) in [6, 6.07) is 0. The molecule has 0 rings (SSSR count). The average Bonchev–Trinajstić information content (AvgIpc) is 2.49. The van der Waals surface area contributed by atoms with E-state index in [1.807, 2.05) is 0 Å². The first-order valence-corrected chi connectivity index (χ1v) is 9.68. The van der Waals surface area contributed by atoms with Crippen LogP contribution < -0.4 is 0 Å². The highest BCUT2D eigenvalue weighted by atomic mass is 28.3. The van der Waals surface area contributed by atoms with E-state index in [9.17, 15) is 0 Å². The first kappa shape index (κ1) is 19.6. The summed E-state index contributed by atoms with van der Waals surface area (Å²) in [6.45, 7) is 12.4. The van der Waals surface area contributed by atoms with E-state index in [0.29, 0.717) is 0 Å². The highest BCUT2D eigenvalue weighted by Gasteiger charge is 2.39. The van der Waals surface area contributed by atoms with Gasteiger partial charge in [0, 0.05) is 18.3 Å². The summed E-state index contributed by atoms with van der Waals surface area (Å²) in [7, 11) is -1.69. The van der Waals surface area contributed by atoms with E-state index in [1.165, 1.54) is 0 Å². The fourth-order valence-electron chi connectivity index (χ4n) is 2.29. The molecule has 118 valence electrons. The van der Waals surface area contributed by atoms with Crippen molar-refractivity contribution in [3.8, 4) is 0 Å². The maximum absolute atomic E-state index is 6.19. The van der Waals surface area contributed by atoms with Crippen LogP contribution in [0.2, 0.25) is 5.04 Å². The minimum atomic E-state index is -1.69. The minimum Gasteiger partial charge on any atom is -0.396 e. The molecule has 20 heavy (non-hydrogen) atoms. The molecule has 0 aromatic heterocycles. The quantitative estimate of drug-likeness (QED) is 0.367. The van der Waals surface area contributed by atoms with Crippen molar-refractivity contribution in [2.75, 3.05) is 13.2 Å². The Balaban J connectivity index is 5.09. The second-order valence-corrected chi connectivity index (χ2v) is 7.89. The van der Waals surface area contributed by atoms with Crippen LogP contribution in [0.15, 0.2) is 24.3 Å². The lowest BCUT2D eigenvalue weighted by Crippen LogP contribution is -2.38. The molecule has 0 aromatic rings. The molecule has 0 aliphatic heterocycles. The van der Waals surface area contributed by atoms with Gasteiger partial charge in [-0.25, -0.2) is 0 Å². The summed E-state index contributed by atoms with van der Waals surface area (Å²) in [5.74, 6) is 0. The van der Waals surface area contributed by atoms with E-state index < -0.39 is 9.28 Å². The Morgan fingerprint density at radius 3 is 1.60 bits per heavy atom. The van der Waals surface area contributed by atoms with E-state index in [2.05, 4.69) is 58.9 Å². The third kappa shape index (κ3) is 6.87. The molecule has 0 saturated heterocycles. The summed E-state index contributed by atoms with van der Waals surface area (Å²) >= 11 is 0. The molecule has 0 unspecified atom stereocenters. The monoisotopic (exact) mass is 298 g/mol. The van der Waals surface area contributed by atoms with Gasteiger partial charge in [-0.15, -0.1) is 0 Å². The zero-order chi connectivity index (χ0) is 15.3. The van der Waals surface area contributed by atoms with Crippen LogP contribution in [0, 0.1) is 0 Å². The second-order valence-electron chi connectivity index (χ2n) is 5.34. The van der Waals surface area contributed by atoms with E-state index in [4.69, 9.17) is 8.85 Å². The maximum atomic E-state index is 6.19. The van der Waals surface area contributed by atoms with E-state index in [-0.39, 0.29) is 5.04 Å². The van der Waals surface area contributed by atoms with Crippen molar-refractivity contribution in [1.29, 1.82) is 0 Å². The molecule has 0 atom stereocenters. The van der Waals surface area contributed by atoms with Gasteiger partial charge in [-0.2, -0.15) is 0 Å². The lowest BCUT2D eigenvalue weighted by Gasteiger charge is -2.37. The lowest BCUT2D eigenvalue weighted by molar-refractivity contribution is 0.167. The van der Waals surface area contributed by atoms with Crippen molar-refractivity contribution in [3.63, 3.8) is 0 Å². The van der Waals surface area contributed by atoms with Crippen LogP contribution in [-0.2, 0) is 8.85 Å². The van der Waals surface area contributed by atoms with Gasteiger partial charge < -0.3 is 8.85 Å². The van der Waals surface area contributed by atoms with E-state index in [0.717, 1.165) is 45.3 Å². The second kappa shape index (κ2) is 12.4. The largest absolute Gasteiger partial charge is 0.396 e. The van der Waals surface area contributed by atoms with Gasteiger partial charge in [-0.1, -0.05) is 45.1 Å². The molecular weight excluding hydrogens is 264 g/mol. The molecule has 0 amide bonds. The molecular formula is C17H34O2Si. The molecule has 0 N–H and O–H groups in total. The summed E-state index contributed by atoms with van der Waals surface area (Å²) < 4.78 is 12.4. The predicted octanol–water partition coefficient (Wildman–Crippen LogP) is 5.14. The van der Waals surface area contributed by atoms with Gasteiger partial charge in [0.25, 0.3) is 0 Å². The number of allylic oxidation sites excluding steroid dienone is 4. The average molecular weight is 299 g/mol. The third-order valence-electron chi connectivity index (χ3n) is 3.67. The number of hydrogen-bond acceptors (Lipinski definition) is 2. The Morgan fingerprint density at radius 2 is 1.30 bits per heavy atom. The van der Waals surface area contributed by atoms with Gasteiger partial charge in [-0.05, 0) is 46.0 Å². The SMILES string of the molecule is C/C=C/CC(CC)(C/C=C/C)[SiH](OCCC)OCCC. The molecule has 2 nitrogen and oxygen atoms in total. The van der Waals surface area contributed by atoms with Crippen LogP contribution >= 0.6 is 0 Å². The molecule has 0 spiro atoms. The fraction of sp³-hybridized carbons (Fsp3) is 0.765. The van der Waals surface area contributed by atoms with E-state index >= 15 is 0 Å². The van der Waals surface area contributed by atoms with Crippen LogP contribution in [0.4, 0.5) is 0 Å². The molecule has 0 aliphatic carbocycles. The van der Waals surface area contributed by atoms with Crippen LogP contribution in [0.1, 0.15) is 66.7 Å². The molecule has 0 aliphatic rings. The van der Waals surface area contributed by atoms with Crippen LogP contribution in [0.3, 0.4) is 0 Å². The summed E-state index contributed by atoms with van der Waals surface area (Å²) in [4.78, 5) is 0. The minimum absolute atomic E-state index is 0.184. The van der Waals surface area contributed by atoms with Crippen molar-refractivity contribution >= 4 is 9.28 Å². The zero-order valence-electron chi connectivity index (χ0n) is 14.2. The maximum Gasteiger partial charge on any atom is 0.328 e. The van der Waals surface area contributed by atoms with Crippen molar-refractivity contribution in [2.45, 2.75) is 71.8 Å². The highest BCUT2D eigenvalue weighted by molar-refractivity contribution is 6.48. The lowest BCUT2D eigenvalue weighted by atomic mass is 9.96. The Kier molecular flexibility index (Phi) is 12.1. The summed E-state index contributed by atoms with van der Waals surface area (Å²) in [5.41, 5.74) is 0. The standard InChI is InChI=1S/C17H34O2Si/c1-6-11-13-17(10-5,14-12-7-2)20(18-15-8-3)19-16-9-4/h6-7,11-12,20H,8-10,13-16H2,1-5H3/b11-6+,12-7+. The Bertz CT molecular complexity index is 252. The van der Waals surface area contributed by atoms with Gasteiger partial charge in [0.05, 0.1) is 0 Å². The predicted molar refractivity (Wildman–Crippen MR) is 91.5 cm³/mol. The summed E-state index contributed by atoms with van der Waals surface area (Å²) in [5, 5.41) is 0.184. The van der Waals surface area contributed by atoms with Crippen molar-refractivity contribution in [1.82, 2.24) is 0 Å². The Morgan fingerprint density at radius 1 is 0.850 bits per heavy atom. The first-order chi connectivity index (χ1) is 9.70. The van der Waals surface area contributed by atoms with Gasteiger partial charge in [0.1, 0.15) is 0 Å². The fourth-order valence-corrected chi connectivity index (χ4v) is 4.98. The molecule has 0 fully saturated rings. The Labute approximate surface area is 128 Å². The van der Waals surface area contributed by atoms with Gasteiger partial charge in [0.15, 0.2) is 0 Å². The van der Waals surface area contributed by atoms with Crippen LogP contribution in [-0.4, -0.2) is 22.5 Å². The van der Waals surface area contributed by atoms with Crippen molar-refractivity contribution < 1.29 is 8.85 Å². The zero-order valence-corrected chi connectivity index (χ0v) is 15.3. The number of hydrogen-bond donors (Lipinski definition) is 0. The van der Waals surface area contributed by atoms with Gasteiger partial charge in [0.2, 0.25) is 0 Å². The molecule has 0 radical (unpaired) electrons. The molecule has 3 heteroatoms. The molecule has 0 heterocycles. The van der Waals surface area contributed by atoms with Gasteiger partial charge >= 0.3 is 9.28 Å². The molecule has 0 saturated carbocycles. The summed E-state index contributed by atoms with van der Waals surface area (Å²) in [6.07, 6.45) is 14.2. The Hall–Kier alpha value is -0.383. The van der Waals surface area contributed by atoms with Crippen molar-refractivity contribution in [2.24, 2.45) is 0 Å². The topological polar surface area (TPSA) is 18.5 Å². The molecule has 0 bridgehead atoms. The normalized spacial score (nSPS) is 13.1. The smallest absolute Gasteiger partial charge is 0.328 e. The van der Waals surface area contributed by atoms with Crippen LogP contribution in [0.5, 0.6) is 0 Å². The van der Waals surface area contributed by atoms with E-state index in [1.54, 1.807) is 0 Å². The van der Waals surface area contributed by atoms with Crippen molar-refractivity contribution in [3.05, 3.63) is 24.3 Å². The highest BCUT2D eigenvalue weighted by Crippen LogP contribution is 2.44. The first-order valence-electron chi connectivity index (χ1n) is 8.16. The third-order valence-corrected chi connectivity index (χ3v) is 6.63. The van der Waals surface area contributed by atoms with Crippen LogP contribution in [0.25, 0.3) is 0 Å². The number of rotatable bonds is 12.